The number of unbranched alkanes of at least 4 members (excludes halogenated alkanes) is 8. The van der Waals surface area contributed by atoms with Gasteiger partial charge in [0.1, 0.15) is 0 Å². The second-order valence-electron chi connectivity index (χ2n) is 5.28. The van der Waals surface area contributed by atoms with E-state index >= 15 is 0 Å². The summed E-state index contributed by atoms with van der Waals surface area (Å²) < 4.78 is 0. The third kappa shape index (κ3) is 8.96. The molecule has 1 nitrogen and oxygen atoms in total. The molecule has 0 aromatic carbocycles. The molecule has 0 amide bonds. The van der Waals surface area contributed by atoms with Crippen molar-refractivity contribution >= 4 is 11.8 Å². The highest BCUT2D eigenvalue weighted by Gasteiger charge is 2.08. The zero-order valence-electron chi connectivity index (χ0n) is 11.8. The highest BCUT2D eigenvalue weighted by molar-refractivity contribution is 7.99. The van der Waals surface area contributed by atoms with E-state index in [-0.39, 0.29) is 0 Å². The first-order chi connectivity index (χ1) is 8.43. The van der Waals surface area contributed by atoms with Crippen LogP contribution < -0.4 is 0 Å². The molecule has 0 atom stereocenters. The van der Waals surface area contributed by atoms with Crippen LogP contribution in [0.1, 0.15) is 64.7 Å². The lowest BCUT2D eigenvalue weighted by molar-refractivity contribution is 0.294. The van der Waals surface area contributed by atoms with Gasteiger partial charge in [-0.05, 0) is 13.0 Å². The summed E-state index contributed by atoms with van der Waals surface area (Å²) in [5.41, 5.74) is 0. The lowest BCUT2D eigenvalue weighted by Crippen LogP contribution is -2.33. The van der Waals surface area contributed by atoms with Crippen LogP contribution in [-0.4, -0.2) is 36.0 Å². The molecule has 1 aliphatic heterocycles. The normalized spacial score (nSPS) is 17.5. The van der Waals surface area contributed by atoms with Crippen LogP contribution in [0.15, 0.2) is 0 Å². The summed E-state index contributed by atoms with van der Waals surface area (Å²) in [7, 11) is 0. The quantitative estimate of drug-likeness (QED) is 0.528. The summed E-state index contributed by atoms with van der Waals surface area (Å²) in [6.07, 6.45) is 13.0. The Labute approximate surface area is 113 Å². The molecule has 0 spiro atoms. The van der Waals surface area contributed by atoms with Crippen LogP contribution in [-0.2, 0) is 0 Å². The maximum atomic E-state index is 2.65. The Morgan fingerprint density at radius 3 is 1.88 bits per heavy atom. The molecule has 0 N–H and O–H groups in total. The SMILES string of the molecule is CCCCCCCCCCCN1CCSCC1. The van der Waals surface area contributed by atoms with Gasteiger partial charge in [0.2, 0.25) is 0 Å². The fraction of sp³-hybridized carbons (Fsp3) is 1.00. The Balaban J connectivity index is 1.75. The molecular formula is C15H31NS. The molecule has 1 saturated heterocycles. The number of hydrogen-bond donors (Lipinski definition) is 0. The van der Waals surface area contributed by atoms with Gasteiger partial charge in [0, 0.05) is 24.6 Å². The minimum absolute atomic E-state index is 1.34. The highest BCUT2D eigenvalue weighted by atomic mass is 32.2. The minimum atomic E-state index is 1.34. The van der Waals surface area contributed by atoms with Gasteiger partial charge in [-0.15, -0.1) is 0 Å². The zero-order valence-corrected chi connectivity index (χ0v) is 12.6. The summed E-state index contributed by atoms with van der Waals surface area (Å²) in [6.45, 7) is 6.32. The topological polar surface area (TPSA) is 3.24 Å². The number of rotatable bonds is 10. The van der Waals surface area contributed by atoms with E-state index in [0.29, 0.717) is 0 Å². The number of hydrogen-bond acceptors (Lipinski definition) is 2. The predicted octanol–water partition coefficient (Wildman–Crippen LogP) is 4.57. The van der Waals surface area contributed by atoms with Crippen molar-refractivity contribution in [1.29, 1.82) is 0 Å². The third-order valence-electron chi connectivity index (χ3n) is 3.68. The van der Waals surface area contributed by atoms with Crippen LogP contribution in [0.3, 0.4) is 0 Å². The molecule has 0 radical (unpaired) electrons. The first kappa shape index (κ1) is 15.4. The first-order valence-electron chi connectivity index (χ1n) is 7.73. The second-order valence-corrected chi connectivity index (χ2v) is 6.51. The van der Waals surface area contributed by atoms with E-state index in [1.165, 1.54) is 88.9 Å². The van der Waals surface area contributed by atoms with Gasteiger partial charge in [0.25, 0.3) is 0 Å². The minimum Gasteiger partial charge on any atom is -0.302 e. The summed E-state index contributed by atoms with van der Waals surface area (Å²) >= 11 is 2.11. The van der Waals surface area contributed by atoms with Crippen molar-refractivity contribution in [3.8, 4) is 0 Å². The molecule has 1 fully saturated rings. The average Bonchev–Trinajstić information content (AvgIpc) is 2.38. The highest BCUT2D eigenvalue weighted by Crippen LogP contribution is 2.12. The van der Waals surface area contributed by atoms with E-state index in [1.807, 2.05) is 0 Å². The smallest absolute Gasteiger partial charge is 0.00727 e. The predicted molar refractivity (Wildman–Crippen MR) is 81.0 cm³/mol. The van der Waals surface area contributed by atoms with Gasteiger partial charge in [-0.2, -0.15) is 11.8 Å². The lowest BCUT2D eigenvalue weighted by atomic mass is 10.1. The molecule has 17 heavy (non-hydrogen) atoms. The van der Waals surface area contributed by atoms with Crippen LogP contribution in [0.2, 0.25) is 0 Å². The van der Waals surface area contributed by atoms with Gasteiger partial charge in [-0.1, -0.05) is 58.3 Å². The molecule has 1 aliphatic rings. The van der Waals surface area contributed by atoms with E-state index < -0.39 is 0 Å². The average molecular weight is 257 g/mol. The van der Waals surface area contributed by atoms with E-state index in [2.05, 4.69) is 23.6 Å². The molecular weight excluding hydrogens is 226 g/mol. The molecule has 102 valence electrons. The maximum absolute atomic E-state index is 2.65. The summed E-state index contributed by atoms with van der Waals surface area (Å²) in [6, 6.07) is 0. The van der Waals surface area contributed by atoms with Crippen LogP contribution in [0.4, 0.5) is 0 Å². The molecule has 2 heteroatoms. The molecule has 0 unspecified atom stereocenters. The van der Waals surface area contributed by atoms with Gasteiger partial charge in [-0.25, -0.2) is 0 Å². The van der Waals surface area contributed by atoms with Crippen molar-refractivity contribution in [3.05, 3.63) is 0 Å². The Bertz CT molecular complexity index is 155. The molecule has 0 aliphatic carbocycles. The maximum Gasteiger partial charge on any atom is 0.00727 e. The second kappa shape index (κ2) is 11.4. The van der Waals surface area contributed by atoms with Gasteiger partial charge >= 0.3 is 0 Å². The van der Waals surface area contributed by atoms with E-state index in [0.717, 1.165) is 0 Å². The Kier molecular flexibility index (Phi) is 10.3. The van der Waals surface area contributed by atoms with E-state index in [9.17, 15) is 0 Å². The first-order valence-corrected chi connectivity index (χ1v) is 8.89. The number of thioether (sulfide) groups is 1. The standard InChI is InChI=1S/C15H31NS/c1-2-3-4-5-6-7-8-9-10-11-16-12-14-17-15-13-16/h2-15H2,1H3. The third-order valence-corrected chi connectivity index (χ3v) is 4.62. The lowest BCUT2D eigenvalue weighted by Gasteiger charge is -2.25. The molecule has 0 saturated carbocycles. The van der Waals surface area contributed by atoms with Crippen molar-refractivity contribution in [3.63, 3.8) is 0 Å². The van der Waals surface area contributed by atoms with Crippen LogP contribution in [0.25, 0.3) is 0 Å². The molecule has 0 aromatic heterocycles. The fourth-order valence-electron chi connectivity index (χ4n) is 2.47. The molecule has 0 bridgehead atoms. The number of nitrogens with zero attached hydrogens (tertiary/aromatic N) is 1. The largest absolute Gasteiger partial charge is 0.302 e. The van der Waals surface area contributed by atoms with Gasteiger partial charge in [0.15, 0.2) is 0 Å². The fourth-order valence-corrected chi connectivity index (χ4v) is 3.45. The Hall–Kier alpha value is 0.310. The Morgan fingerprint density at radius 2 is 1.29 bits per heavy atom. The Morgan fingerprint density at radius 1 is 0.765 bits per heavy atom. The van der Waals surface area contributed by atoms with Crippen LogP contribution in [0, 0.1) is 0 Å². The van der Waals surface area contributed by atoms with Crippen molar-refractivity contribution in [2.24, 2.45) is 0 Å². The van der Waals surface area contributed by atoms with E-state index in [1.54, 1.807) is 0 Å². The van der Waals surface area contributed by atoms with Crippen molar-refractivity contribution in [2.45, 2.75) is 64.7 Å². The van der Waals surface area contributed by atoms with Crippen molar-refractivity contribution in [1.82, 2.24) is 4.90 Å². The summed E-state index contributed by atoms with van der Waals surface area (Å²) in [5, 5.41) is 0. The van der Waals surface area contributed by atoms with E-state index in [4.69, 9.17) is 0 Å². The monoisotopic (exact) mass is 257 g/mol. The van der Waals surface area contributed by atoms with Crippen LogP contribution in [0.5, 0.6) is 0 Å². The van der Waals surface area contributed by atoms with Crippen LogP contribution >= 0.6 is 11.8 Å². The van der Waals surface area contributed by atoms with Gasteiger partial charge in [-0.3, -0.25) is 0 Å². The van der Waals surface area contributed by atoms with Crippen molar-refractivity contribution < 1.29 is 0 Å². The molecule has 0 aromatic rings. The summed E-state index contributed by atoms with van der Waals surface area (Å²) in [5.74, 6) is 2.72. The van der Waals surface area contributed by atoms with Gasteiger partial charge < -0.3 is 4.90 Å². The van der Waals surface area contributed by atoms with Gasteiger partial charge in [0.05, 0.1) is 0 Å². The molecule has 1 rings (SSSR count). The molecule has 1 heterocycles. The summed E-state index contributed by atoms with van der Waals surface area (Å²) in [4.78, 5) is 2.65. The van der Waals surface area contributed by atoms with Crippen molar-refractivity contribution in [2.75, 3.05) is 31.1 Å². The zero-order chi connectivity index (χ0) is 12.2.